The number of hydrogen-bond acceptors (Lipinski definition) is 6. The Balaban J connectivity index is 1.24. The van der Waals surface area contributed by atoms with Crippen molar-refractivity contribution in [1.82, 2.24) is 19.2 Å². The molecule has 1 aromatic heterocycles. The van der Waals surface area contributed by atoms with Gasteiger partial charge in [-0.2, -0.15) is 0 Å². The standard InChI is InChI=1S/C35H44N4O5/c1-25-33(35(42)39(36(25)2)30-9-5-3-6-10-30)28-21-31(44-32(22-28)43-24-27-13-11-26(23-40)12-14-27)34(41)38-19-15-29(16-20-38)37-17-7-4-8-18-37/h3,5-6,9-14,21,28-29,32,40H,4,7-8,15-20,22-24H2,1-2H3/t28-,32+/m1/s1. The smallest absolute Gasteiger partial charge is 0.288 e. The molecule has 3 aliphatic rings. The molecule has 3 aliphatic heterocycles. The first-order valence-electron chi connectivity index (χ1n) is 16.0. The average Bonchev–Trinajstić information content (AvgIpc) is 3.31. The van der Waals surface area contributed by atoms with Gasteiger partial charge in [0.15, 0.2) is 5.76 Å². The van der Waals surface area contributed by atoms with E-state index in [-0.39, 0.29) is 36.4 Å². The summed E-state index contributed by atoms with van der Waals surface area (Å²) in [6.45, 7) is 5.93. The number of likely N-dealkylation sites (tertiary alicyclic amines) is 2. The molecule has 4 heterocycles. The molecule has 0 unspecified atom stereocenters. The van der Waals surface area contributed by atoms with E-state index in [9.17, 15) is 14.7 Å². The summed E-state index contributed by atoms with van der Waals surface area (Å²) >= 11 is 0. The Morgan fingerprint density at radius 1 is 0.955 bits per heavy atom. The van der Waals surface area contributed by atoms with E-state index in [2.05, 4.69) is 4.90 Å². The Labute approximate surface area is 259 Å². The Hall–Kier alpha value is -3.66. The van der Waals surface area contributed by atoms with Crippen LogP contribution in [0.15, 0.2) is 71.2 Å². The lowest BCUT2D eigenvalue weighted by Crippen LogP contribution is -2.49. The van der Waals surface area contributed by atoms with Gasteiger partial charge in [0.1, 0.15) is 0 Å². The van der Waals surface area contributed by atoms with E-state index in [0.717, 1.165) is 48.4 Å². The van der Waals surface area contributed by atoms with Gasteiger partial charge in [0.2, 0.25) is 6.29 Å². The number of ether oxygens (including phenoxy) is 2. The maximum absolute atomic E-state index is 13.9. The largest absolute Gasteiger partial charge is 0.459 e. The van der Waals surface area contributed by atoms with Crippen molar-refractivity contribution in [2.45, 2.75) is 76.9 Å². The highest BCUT2D eigenvalue weighted by molar-refractivity contribution is 5.92. The van der Waals surface area contributed by atoms with Gasteiger partial charge in [0.25, 0.3) is 11.5 Å². The van der Waals surface area contributed by atoms with E-state index in [1.165, 1.54) is 19.3 Å². The lowest BCUT2D eigenvalue weighted by Gasteiger charge is -2.40. The van der Waals surface area contributed by atoms with Crippen molar-refractivity contribution in [3.05, 3.63) is 99.2 Å². The first-order chi connectivity index (χ1) is 21.4. The third kappa shape index (κ3) is 6.41. The predicted octanol–water partition coefficient (Wildman–Crippen LogP) is 4.38. The molecule has 2 aromatic carbocycles. The average molecular weight is 601 g/mol. The Morgan fingerprint density at radius 2 is 1.64 bits per heavy atom. The topological polar surface area (TPSA) is 89.2 Å². The first kappa shape index (κ1) is 30.4. The molecular formula is C35H44N4O5. The number of para-hydroxylation sites is 1. The SMILES string of the molecule is Cc1c([C@@H]2C=C(C(=O)N3CCC(N4CCCCC4)CC3)O[C@H](OCc3ccc(CO)cc3)C2)c(=O)n(-c2ccccc2)n1C. The normalized spacial score (nSPS) is 21.6. The number of amides is 1. The van der Waals surface area contributed by atoms with E-state index >= 15 is 0 Å². The number of piperidine rings is 2. The quantitative estimate of drug-likeness (QED) is 0.413. The monoisotopic (exact) mass is 600 g/mol. The van der Waals surface area contributed by atoms with Crippen molar-refractivity contribution >= 4 is 5.91 Å². The van der Waals surface area contributed by atoms with Crippen molar-refractivity contribution in [1.29, 1.82) is 0 Å². The summed E-state index contributed by atoms with van der Waals surface area (Å²) < 4.78 is 16.0. The second-order valence-corrected chi connectivity index (χ2v) is 12.3. The van der Waals surface area contributed by atoms with Gasteiger partial charge in [-0.25, -0.2) is 4.68 Å². The Kier molecular flexibility index (Phi) is 9.35. The number of hydrogen-bond donors (Lipinski definition) is 1. The summed E-state index contributed by atoms with van der Waals surface area (Å²) in [5, 5.41) is 9.38. The summed E-state index contributed by atoms with van der Waals surface area (Å²) in [7, 11) is 1.89. The van der Waals surface area contributed by atoms with Crippen LogP contribution >= 0.6 is 0 Å². The number of carbonyl (C=O) groups is 1. The molecule has 0 aliphatic carbocycles. The second-order valence-electron chi connectivity index (χ2n) is 12.3. The molecule has 0 radical (unpaired) electrons. The molecule has 234 valence electrons. The number of aliphatic hydroxyl groups excluding tert-OH is 1. The molecular weight excluding hydrogens is 556 g/mol. The summed E-state index contributed by atoms with van der Waals surface area (Å²) in [6.07, 6.45) is 7.33. The van der Waals surface area contributed by atoms with Gasteiger partial charge in [-0.3, -0.25) is 14.3 Å². The van der Waals surface area contributed by atoms with Crippen molar-refractivity contribution in [3.8, 4) is 5.69 Å². The van der Waals surface area contributed by atoms with Crippen LogP contribution in [0.5, 0.6) is 0 Å². The molecule has 0 spiro atoms. The lowest BCUT2D eigenvalue weighted by molar-refractivity contribution is -0.157. The van der Waals surface area contributed by atoms with Crippen LogP contribution in [0.2, 0.25) is 0 Å². The predicted molar refractivity (Wildman–Crippen MR) is 168 cm³/mol. The highest BCUT2D eigenvalue weighted by atomic mass is 16.7. The van der Waals surface area contributed by atoms with Gasteiger partial charge >= 0.3 is 0 Å². The van der Waals surface area contributed by atoms with Gasteiger partial charge in [-0.15, -0.1) is 0 Å². The lowest BCUT2D eigenvalue weighted by atomic mass is 9.92. The zero-order valence-corrected chi connectivity index (χ0v) is 25.9. The van der Waals surface area contributed by atoms with E-state index < -0.39 is 6.29 Å². The van der Waals surface area contributed by atoms with Crippen LogP contribution in [0.1, 0.15) is 66.8 Å². The fraction of sp³-hybridized carbons (Fsp3) is 0.486. The van der Waals surface area contributed by atoms with Gasteiger partial charge in [-0.05, 0) is 75.0 Å². The number of carbonyl (C=O) groups excluding carboxylic acids is 1. The molecule has 2 saturated heterocycles. The number of allylic oxidation sites excluding steroid dienone is 1. The van der Waals surface area contributed by atoms with E-state index in [4.69, 9.17) is 9.47 Å². The molecule has 9 heteroatoms. The molecule has 1 amide bonds. The van der Waals surface area contributed by atoms with Crippen LogP contribution in [0.4, 0.5) is 0 Å². The highest BCUT2D eigenvalue weighted by Gasteiger charge is 2.36. The number of rotatable bonds is 8. The second kappa shape index (κ2) is 13.5. The molecule has 2 atom stereocenters. The van der Waals surface area contributed by atoms with Crippen LogP contribution < -0.4 is 5.56 Å². The molecule has 2 fully saturated rings. The summed E-state index contributed by atoms with van der Waals surface area (Å²) in [5.41, 5.74) is 3.94. The molecule has 6 rings (SSSR count). The third-order valence-electron chi connectivity index (χ3n) is 9.54. The van der Waals surface area contributed by atoms with Crippen LogP contribution in [0, 0.1) is 6.92 Å². The van der Waals surface area contributed by atoms with Gasteiger partial charge in [0, 0.05) is 49.8 Å². The zero-order chi connectivity index (χ0) is 30.6. The molecule has 0 saturated carbocycles. The van der Waals surface area contributed by atoms with Crippen LogP contribution in [0.25, 0.3) is 5.69 Å². The summed E-state index contributed by atoms with van der Waals surface area (Å²) in [6, 6.07) is 17.7. The number of aliphatic hydroxyl groups is 1. The molecule has 0 bridgehead atoms. The third-order valence-corrected chi connectivity index (χ3v) is 9.54. The maximum Gasteiger partial charge on any atom is 0.288 e. The van der Waals surface area contributed by atoms with Crippen molar-refractivity contribution in [3.63, 3.8) is 0 Å². The first-order valence-corrected chi connectivity index (χ1v) is 16.0. The van der Waals surface area contributed by atoms with E-state index in [1.54, 1.807) is 4.68 Å². The number of aromatic nitrogens is 2. The van der Waals surface area contributed by atoms with Crippen molar-refractivity contribution in [2.75, 3.05) is 26.2 Å². The zero-order valence-electron chi connectivity index (χ0n) is 25.9. The van der Waals surface area contributed by atoms with Crippen molar-refractivity contribution < 1.29 is 19.4 Å². The summed E-state index contributed by atoms with van der Waals surface area (Å²) in [4.78, 5) is 32.4. The highest BCUT2D eigenvalue weighted by Crippen LogP contribution is 2.34. The van der Waals surface area contributed by atoms with Crippen LogP contribution in [-0.4, -0.2) is 68.7 Å². The Morgan fingerprint density at radius 3 is 2.32 bits per heavy atom. The minimum atomic E-state index is -0.698. The summed E-state index contributed by atoms with van der Waals surface area (Å²) in [5.74, 6) is -0.226. The maximum atomic E-state index is 13.9. The van der Waals surface area contributed by atoms with Gasteiger partial charge in [0.05, 0.1) is 18.9 Å². The number of nitrogens with zero attached hydrogens (tertiary/aromatic N) is 4. The van der Waals surface area contributed by atoms with Gasteiger partial charge in [-0.1, -0.05) is 48.9 Å². The minimum absolute atomic E-state index is 0.0168. The molecule has 1 N–H and O–H groups in total. The van der Waals surface area contributed by atoms with Crippen LogP contribution in [0.3, 0.4) is 0 Å². The number of benzene rings is 2. The molecule has 3 aromatic rings. The molecule has 44 heavy (non-hydrogen) atoms. The fourth-order valence-electron chi connectivity index (χ4n) is 6.93. The van der Waals surface area contributed by atoms with E-state index in [1.807, 2.05) is 84.2 Å². The molecule has 9 nitrogen and oxygen atoms in total. The minimum Gasteiger partial charge on any atom is -0.459 e. The van der Waals surface area contributed by atoms with E-state index in [0.29, 0.717) is 31.1 Å². The van der Waals surface area contributed by atoms with Crippen LogP contribution in [-0.2, 0) is 34.5 Å². The van der Waals surface area contributed by atoms with Crippen molar-refractivity contribution in [2.24, 2.45) is 7.05 Å². The Bertz CT molecular complexity index is 1510. The fourth-order valence-corrected chi connectivity index (χ4v) is 6.93. The van der Waals surface area contributed by atoms with Gasteiger partial charge < -0.3 is 24.4 Å².